The molecule has 0 radical (unpaired) electrons. The number of ether oxygens (including phenoxy) is 1. The molecule has 2 aromatic rings. The standard InChI is InChI=1S/C15H18ClN3O2S/c1-5-21-12-7-6-11(16)13(19-12)15(20)18-9(3)14-8(2)17-10(4)22-14/h6-7,9H,5H2,1-4H3,(H,18,20)/t9-/m0/s1. The molecule has 2 rings (SSSR count). The Morgan fingerprint density at radius 1 is 1.41 bits per heavy atom. The fourth-order valence-electron chi connectivity index (χ4n) is 2.09. The number of carbonyl (C=O) groups is 1. The number of rotatable bonds is 5. The number of thiazole rings is 1. The van der Waals surface area contributed by atoms with Gasteiger partial charge in [0.1, 0.15) is 0 Å². The van der Waals surface area contributed by atoms with E-state index in [1.165, 1.54) is 0 Å². The Hall–Kier alpha value is -1.66. The first kappa shape index (κ1) is 16.7. The van der Waals surface area contributed by atoms with Gasteiger partial charge in [-0.05, 0) is 33.8 Å². The van der Waals surface area contributed by atoms with E-state index < -0.39 is 0 Å². The van der Waals surface area contributed by atoms with Crippen molar-refractivity contribution < 1.29 is 9.53 Å². The third kappa shape index (κ3) is 3.75. The molecule has 118 valence electrons. The normalized spacial score (nSPS) is 12.0. The van der Waals surface area contributed by atoms with Crippen molar-refractivity contribution in [3.8, 4) is 5.88 Å². The first-order valence-corrected chi connectivity index (χ1v) is 8.16. The molecule has 0 aliphatic heterocycles. The Balaban J connectivity index is 2.18. The minimum absolute atomic E-state index is 0.160. The summed E-state index contributed by atoms with van der Waals surface area (Å²) in [5.74, 6) is 0.0547. The molecule has 0 saturated carbocycles. The number of carbonyl (C=O) groups excluding carboxylic acids is 1. The van der Waals surface area contributed by atoms with Crippen molar-refractivity contribution in [2.24, 2.45) is 0 Å². The van der Waals surface area contributed by atoms with Gasteiger partial charge in [0.15, 0.2) is 5.69 Å². The number of hydrogen-bond acceptors (Lipinski definition) is 5. The van der Waals surface area contributed by atoms with E-state index in [-0.39, 0.29) is 17.6 Å². The number of halogens is 1. The SMILES string of the molecule is CCOc1ccc(Cl)c(C(=O)N[C@@H](C)c2sc(C)nc2C)n1. The van der Waals surface area contributed by atoms with Crippen LogP contribution < -0.4 is 10.1 Å². The summed E-state index contributed by atoms with van der Waals surface area (Å²) in [6.45, 7) is 8.12. The third-order valence-electron chi connectivity index (χ3n) is 3.01. The number of pyridine rings is 1. The summed E-state index contributed by atoms with van der Waals surface area (Å²) in [5.41, 5.74) is 1.09. The Kier molecular flexibility index (Phi) is 5.37. The molecule has 0 saturated heterocycles. The second-order valence-corrected chi connectivity index (χ2v) is 6.43. The van der Waals surface area contributed by atoms with Crippen LogP contribution in [0.25, 0.3) is 0 Å². The van der Waals surface area contributed by atoms with E-state index in [2.05, 4.69) is 15.3 Å². The van der Waals surface area contributed by atoms with E-state index in [0.29, 0.717) is 17.5 Å². The van der Waals surface area contributed by atoms with Gasteiger partial charge in [0.2, 0.25) is 5.88 Å². The quantitative estimate of drug-likeness (QED) is 0.902. The lowest BCUT2D eigenvalue weighted by Gasteiger charge is -2.13. The molecule has 0 unspecified atom stereocenters. The summed E-state index contributed by atoms with van der Waals surface area (Å²) < 4.78 is 5.31. The van der Waals surface area contributed by atoms with Gasteiger partial charge in [0.05, 0.1) is 28.4 Å². The lowest BCUT2D eigenvalue weighted by atomic mass is 10.2. The molecule has 0 fully saturated rings. The summed E-state index contributed by atoms with van der Waals surface area (Å²) in [6.07, 6.45) is 0. The van der Waals surface area contributed by atoms with Crippen LogP contribution in [0.3, 0.4) is 0 Å². The van der Waals surface area contributed by atoms with Crippen molar-refractivity contribution in [3.05, 3.63) is 38.4 Å². The molecule has 2 heterocycles. The van der Waals surface area contributed by atoms with E-state index in [1.54, 1.807) is 23.5 Å². The van der Waals surface area contributed by atoms with E-state index in [0.717, 1.165) is 15.6 Å². The first-order chi connectivity index (χ1) is 10.4. The fraction of sp³-hybridized carbons (Fsp3) is 0.400. The van der Waals surface area contributed by atoms with Crippen LogP contribution in [0.2, 0.25) is 5.02 Å². The van der Waals surface area contributed by atoms with Crippen LogP contribution in [0.4, 0.5) is 0 Å². The van der Waals surface area contributed by atoms with Crippen LogP contribution in [0.1, 0.15) is 46.0 Å². The number of nitrogens with zero attached hydrogens (tertiary/aromatic N) is 2. The van der Waals surface area contributed by atoms with Gasteiger partial charge in [0.25, 0.3) is 5.91 Å². The zero-order valence-corrected chi connectivity index (χ0v) is 14.5. The minimum Gasteiger partial charge on any atom is -0.478 e. The highest BCUT2D eigenvalue weighted by Crippen LogP contribution is 2.25. The Labute approximate surface area is 138 Å². The number of aryl methyl sites for hydroxylation is 2. The second kappa shape index (κ2) is 7.07. The fourth-order valence-corrected chi connectivity index (χ4v) is 3.21. The van der Waals surface area contributed by atoms with Gasteiger partial charge < -0.3 is 10.1 Å². The summed E-state index contributed by atoms with van der Waals surface area (Å²) in [5, 5.41) is 4.18. The molecule has 7 heteroatoms. The highest BCUT2D eigenvalue weighted by atomic mass is 35.5. The third-order valence-corrected chi connectivity index (χ3v) is 4.57. The van der Waals surface area contributed by atoms with E-state index >= 15 is 0 Å². The smallest absolute Gasteiger partial charge is 0.272 e. The van der Waals surface area contributed by atoms with Crippen LogP contribution in [0, 0.1) is 13.8 Å². The van der Waals surface area contributed by atoms with Gasteiger partial charge in [-0.2, -0.15) is 0 Å². The zero-order valence-electron chi connectivity index (χ0n) is 12.9. The monoisotopic (exact) mass is 339 g/mol. The largest absolute Gasteiger partial charge is 0.478 e. The molecule has 1 amide bonds. The van der Waals surface area contributed by atoms with E-state index in [1.807, 2.05) is 27.7 Å². The number of hydrogen-bond donors (Lipinski definition) is 1. The van der Waals surface area contributed by atoms with Crippen molar-refractivity contribution >= 4 is 28.8 Å². The topological polar surface area (TPSA) is 64.1 Å². The number of nitrogens with one attached hydrogen (secondary N) is 1. The van der Waals surface area contributed by atoms with Crippen molar-refractivity contribution in [1.82, 2.24) is 15.3 Å². The maximum Gasteiger partial charge on any atom is 0.272 e. The average Bonchev–Trinajstić information content (AvgIpc) is 2.80. The zero-order chi connectivity index (χ0) is 16.3. The van der Waals surface area contributed by atoms with Gasteiger partial charge in [0, 0.05) is 10.9 Å². The highest BCUT2D eigenvalue weighted by Gasteiger charge is 2.19. The molecule has 1 atom stereocenters. The van der Waals surface area contributed by atoms with E-state index in [4.69, 9.17) is 16.3 Å². The Morgan fingerprint density at radius 2 is 2.14 bits per heavy atom. The van der Waals surface area contributed by atoms with Gasteiger partial charge in [-0.3, -0.25) is 4.79 Å². The molecule has 0 bridgehead atoms. The van der Waals surface area contributed by atoms with Crippen molar-refractivity contribution in [3.63, 3.8) is 0 Å². The molecule has 5 nitrogen and oxygen atoms in total. The lowest BCUT2D eigenvalue weighted by molar-refractivity contribution is 0.0934. The molecule has 0 aliphatic carbocycles. The molecule has 1 N–H and O–H groups in total. The Bertz CT molecular complexity index is 687. The van der Waals surface area contributed by atoms with E-state index in [9.17, 15) is 4.79 Å². The molecular formula is C15H18ClN3O2S. The predicted octanol–water partition coefficient (Wildman–Crippen LogP) is 3.70. The molecular weight excluding hydrogens is 322 g/mol. The van der Waals surface area contributed by atoms with Gasteiger partial charge >= 0.3 is 0 Å². The minimum atomic E-state index is -0.329. The second-order valence-electron chi connectivity index (χ2n) is 4.79. The number of aromatic nitrogens is 2. The van der Waals surface area contributed by atoms with Crippen LogP contribution in [-0.4, -0.2) is 22.5 Å². The molecule has 0 aromatic carbocycles. The molecule has 0 aliphatic rings. The van der Waals surface area contributed by atoms with Crippen LogP contribution in [-0.2, 0) is 0 Å². The molecule has 22 heavy (non-hydrogen) atoms. The van der Waals surface area contributed by atoms with Crippen molar-refractivity contribution in [2.45, 2.75) is 33.7 Å². The van der Waals surface area contributed by atoms with Crippen LogP contribution in [0.15, 0.2) is 12.1 Å². The van der Waals surface area contributed by atoms with Gasteiger partial charge in [-0.1, -0.05) is 11.6 Å². The lowest BCUT2D eigenvalue weighted by Crippen LogP contribution is -2.27. The highest BCUT2D eigenvalue weighted by molar-refractivity contribution is 7.11. The Morgan fingerprint density at radius 3 is 2.73 bits per heavy atom. The van der Waals surface area contributed by atoms with Crippen LogP contribution >= 0.6 is 22.9 Å². The summed E-state index contributed by atoms with van der Waals surface area (Å²) in [7, 11) is 0. The van der Waals surface area contributed by atoms with Crippen molar-refractivity contribution in [2.75, 3.05) is 6.61 Å². The molecule has 2 aromatic heterocycles. The van der Waals surface area contributed by atoms with Crippen molar-refractivity contribution in [1.29, 1.82) is 0 Å². The maximum absolute atomic E-state index is 12.4. The summed E-state index contributed by atoms with van der Waals surface area (Å²) in [6, 6.07) is 3.09. The summed E-state index contributed by atoms with van der Waals surface area (Å²) >= 11 is 7.64. The van der Waals surface area contributed by atoms with Crippen LogP contribution in [0.5, 0.6) is 5.88 Å². The summed E-state index contributed by atoms with van der Waals surface area (Å²) in [4.78, 5) is 22.0. The number of amides is 1. The first-order valence-electron chi connectivity index (χ1n) is 6.96. The predicted molar refractivity (Wildman–Crippen MR) is 87.9 cm³/mol. The van der Waals surface area contributed by atoms with Gasteiger partial charge in [-0.15, -0.1) is 11.3 Å². The average molecular weight is 340 g/mol. The molecule has 0 spiro atoms. The maximum atomic E-state index is 12.4. The van der Waals surface area contributed by atoms with Gasteiger partial charge in [-0.25, -0.2) is 9.97 Å².